The third-order valence-electron chi connectivity index (χ3n) is 2.50. The summed E-state index contributed by atoms with van der Waals surface area (Å²) in [4.78, 5) is 12.0. The van der Waals surface area contributed by atoms with Gasteiger partial charge in [-0.1, -0.05) is 0 Å². The quantitative estimate of drug-likeness (QED) is 0.706. The Morgan fingerprint density at radius 1 is 1.17 bits per heavy atom. The second kappa shape index (κ2) is 6.23. The first-order valence-electron chi connectivity index (χ1n) is 5.29. The molecule has 1 unspecified atom stereocenters. The van der Waals surface area contributed by atoms with E-state index < -0.39 is 18.4 Å². The van der Waals surface area contributed by atoms with Crippen LogP contribution in [0.5, 0.6) is 17.2 Å². The molecule has 0 aromatic heterocycles. The molecule has 0 spiro atoms. The van der Waals surface area contributed by atoms with Gasteiger partial charge >= 0.3 is 0 Å². The molecular weight excluding hydrogens is 238 g/mol. The number of carbonyl (C=O) groups excluding carboxylic acids is 1. The van der Waals surface area contributed by atoms with Crippen LogP contribution in [0.15, 0.2) is 12.1 Å². The van der Waals surface area contributed by atoms with E-state index >= 15 is 0 Å². The minimum absolute atomic E-state index is 0.247. The normalized spacial score (nSPS) is 11.8. The van der Waals surface area contributed by atoms with E-state index in [0.717, 1.165) is 0 Å². The number of methoxy groups -OCH3 is 3. The fraction of sp³-hybridized carbons (Fsp3) is 0.417. The lowest BCUT2D eigenvalue weighted by molar-refractivity contribution is 0.0922. The molecule has 0 aliphatic heterocycles. The number of aliphatic hydroxyl groups excluding tert-OH is 1. The van der Waals surface area contributed by atoms with Gasteiger partial charge in [-0.25, -0.2) is 0 Å². The lowest BCUT2D eigenvalue weighted by atomic mass is 10.0. The van der Waals surface area contributed by atoms with E-state index in [1.54, 1.807) is 0 Å². The van der Waals surface area contributed by atoms with Gasteiger partial charge in [0, 0.05) is 6.07 Å². The van der Waals surface area contributed by atoms with Gasteiger partial charge < -0.3 is 25.1 Å². The SMILES string of the molecule is COc1cc(OC)c(C(=O)C(N)CO)cc1OC. The third-order valence-corrected chi connectivity index (χ3v) is 2.50. The zero-order valence-electron chi connectivity index (χ0n) is 10.6. The first-order valence-corrected chi connectivity index (χ1v) is 5.29. The maximum atomic E-state index is 12.0. The smallest absolute Gasteiger partial charge is 0.185 e. The molecule has 1 aromatic carbocycles. The first-order chi connectivity index (χ1) is 8.58. The summed E-state index contributed by atoms with van der Waals surface area (Å²) in [6.07, 6.45) is 0. The van der Waals surface area contributed by atoms with Crippen molar-refractivity contribution in [2.24, 2.45) is 5.73 Å². The second-order valence-electron chi connectivity index (χ2n) is 3.56. The molecule has 18 heavy (non-hydrogen) atoms. The van der Waals surface area contributed by atoms with E-state index in [4.69, 9.17) is 25.1 Å². The Morgan fingerprint density at radius 2 is 1.67 bits per heavy atom. The van der Waals surface area contributed by atoms with E-state index in [1.807, 2.05) is 0 Å². The van der Waals surface area contributed by atoms with Crippen molar-refractivity contribution in [3.8, 4) is 17.2 Å². The minimum Gasteiger partial charge on any atom is -0.496 e. The van der Waals surface area contributed by atoms with Crippen molar-refractivity contribution in [2.75, 3.05) is 27.9 Å². The van der Waals surface area contributed by atoms with Crippen molar-refractivity contribution in [3.63, 3.8) is 0 Å². The Kier molecular flexibility index (Phi) is 4.94. The summed E-state index contributed by atoms with van der Waals surface area (Å²) in [6, 6.07) is 2.03. The van der Waals surface area contributed by atoms with Gasteiger partial charge in [0.15, 0.2) is 17.3 Å². The van der Waals surface area contributed by atoms with Gasteiger partial charge in [0.25, 0.3) is 0 Å². The van der Waals surface area contributed by atoms with Crippen molar-refractivity contribution in [1.82, 2.24) is 0 Å². The number of nitrogens with two attached hydrogens (primary N) is 1. The molecule has 0 amide bonds. The highest BCUT2D eigenvalue weighted by atomic mass is 16.5. The lowest BCUT2D eigenvalue weighted by Gasteiger charge is -2.15. The molecule has 0 saturated carbocycles. The summed E-state index contributed by atoms with van der Waals surface area (Å²) >= 11 is 0. The molecule has 1 aromatic rings. The monoisotopic (exact) mass is 255 g/mol. The molecule has 100 valence electrons. The molecule has 1 rings (SSSR count). The zero-order chi connectivity index (χ0) is 13.7. The van der Waals surface area contributed by atoms with Crippen LogP contribution in [-0.4, -0.2) is 44.9 Å². The molecule has 6 heteroatoms. The van der Waals surface area contributed by atoms with Crippen LogP contribution in [0.25, 0.3) is 0 Å². The van der Waals surface area contributed by atoms with Crippen molar-refractivity contribution < 1.29 is 24.1 Å². The number of hydrogen-bond donors (Lipinski definition) is 2. The van der Waals surface area contributed by atoms with Crippen LogP contribution in [0.1, 0.15) is 10.4 Å². The van der Waals surface area contributed by atoms with Gasteiger partial charge in [-0.05, 0) is 6.07 Å². The standard InChI is InChI=1S/C12H17NO5/c1-16-9-5-11(18-3)10(17-2)4-7(9)12(15)8(13)6-14/h4-5,8,14H,6,13H2,1-3H3. The summed E-state index contributed by atoms with van der Waals surface area (Å²) in [5.41, 5.74) is 5.75. The average molecular weight is 255 g/mol. The number of Topliss-reactive ketones (excluding diaryl/α,β-unsaturated/α-hetero) is 1. The fourth-order valence-electron chi connectivity index (χ4n) is 1.50. The Hall–Kier alpha value is -1.79. The highest BCUT2D eigenvalue weighted by Gasteiger charge is 2.22. The van der Waals surface area contributed by atoms with Crippen LogP contribution < -0.4 is 19.9 Å². The number of aliphatic hydroxyl groups is 1. The van der Waals surface area contributed by atoms with Gasteiger partial charge in [-0.3, -0.25) is 4.79 Å². The average Bonchev–Trinajstić information content (AvgIpc) is 2.43. The van der Waals surface area contributed by atoms with Crippen LogP contribution in [-0.2, 0) is 0 Å². The summed E-state index contributed by atoms with van der Waals surface area (Å²) in [5.74, 6) is 0.743. The van der Waals surface area contributed by atoms with Gasteiger partial charge in [-0.2, -0.15) is 0 Å². The highest BCUT2D eigenvalue weighted by molar-refractivity contribution is 6.03. The zero-order valence-corrected chi connectivity index (χ0v) is 10.6. The van der Waals surface area contributed by atoms with Crippen molar-refractivity contribution in [3.05, 3.63) is 17.7 Å². The number of ketones is 1. The Balaban J connectivity index is 3.29. The van der Waals surface area contributed by atoms with E-state index in [1.165, 1.54) is 33.5 Å². The van der Waals surface area contributed by atoms with Gasteiger partial charge in [-0.15, -0.1) is 0 Å². The van der Waals surface area contributed by atoms with Gasteiger partial charge in [0.1, 0.15) is 5.75 Å². The van der Waals surface area contributed by atoms with E-state index in [2.05, 4.69) is 0 Å². The summed E-state index contributed by atoms with van der Waals surface area (Å²) in [5, 5.41) is 8.91. The van der Waals surface area contributed by atoms with Gasteiger partial charge in [0.2, 0.25) is 0 Å². The molecular formula is C12H17NO5. The molecule has 3 N–H and O–H groups in total. The van der Waals surface area contributed by atoms with E-state index in [9.17, 15) is 4.79 Å². The lowest BCUT2D eigenvalue weighted by Crippen LogP contribution is -2.34. The topological polar surface area (TPSA) is 91.0 Å². The molecule has 6 nitrogen and oxygen atoms in total. The maximum Gasteiger partial charge on any atom is 0.185 e. The first kappa shape index (κ1) is 14.3. The Bertz CT molecular complexity index is 433. The third kappa shape index (κ3) is 2.72. The number of hydrogen-bond acceptors (Lipinski definition) is 6. The summed E-state index contributed by atoms with van der Waals surface area (Å²) < 4.78 is 15.3. The van der Waals surface area contributed by atoms with Crippen molar-refractivity contribution in [2.45, 2.75) is 6.04 Å². The fourth-order valence-corrected chi connectivity index (χ4v) is 1.50. The highest BCUT2D eigenvalue weighted by Crippen LogP contribution is 2.34. The molecule has 1 atom stereocenters. The number of benzene rings is 1. The van der Waals surface area contributed by atoms with E-state index in [-0.39, 0.29) is 5.56 Å². The predicted octanol–water partition coefficient (Wildman–Crippen LogP) is 0.215. The summed E-state index contributed by atoms with van der Waals surface area (Å²) in [7, 11) is 4.38. The van der Waals surface area contributed by atoms with E-state index in [0.29, 0.717) is 17.2 Å². The molecule has 0 bridgehead atoms. The van der Waals surface area contributed by atoms with Crippen molar-refractivity contribution in [1.29, 1.82) is 0 Å². The van der Waals surface area contributed by atoms with Crippen LogP contribution >= 0.6 is 0 Å². The van der Waals surface area contributed by atoms with Crippen LogP contribution in [0.2, 0.25) is 0 Å². The number of rotatable bonds is 6. The van der Waals surface area contributed by atoms with Crippen LogP contribution in [0.4, 0.5) is 0 Å². The predicted molar refractivity (Wildman–Crippen MR) is 65.5 cm³/mol. The minimum atomic E-state index is -0.989. The molecule has 0 aliphatic rings. The Labute approximate surface area is 105 Å². The molecule has 0 saturated heterocycles. The maximum absolute atomic E-state index is 12.0. The van der Waals surface area contributed by atoms with Gasteiger partial charge in [0.05, 0.1) is 39.5 Å². The van der Waals surface area contributed by atoms with Crippen LogP contribution in [0.3, 0.4) is 0 Å². The number of ether oxygens (including phenoxy) is 3. The summed E-state index contributed by atoms with van der Waals surface area (Å²) in [6.45, 7) is -0.434. The molecule has 0 aliphatic carbocycles. The second-order valence-corrected chi connectivity index (χ2v) is 3.56. The van der Waals surface area contributed by atoms with Crippen molar-refractivity contribution >= 4 is 5.78 Å². The van der Waals surface area contributed by atoms with Crippen LogP contribution in [0, 0.1) is 0 Å². The Morgan fingerprint density at radius 3 is 2.11 bits per heavy atom. The molecule has 0 radical (unpaired) electrons. The largest absolute Gasteiger partial charge is 0.496 e. The molecule has 0 fully saturated rings. The molecule has 0 heterocycles. The number of carbonyl (C=O) groups is 1.